The smallest absolute Gasteiger partial charge is 0.0232 e. The minimum absolute atomic E-state index is 0.878. The fraction of sp³-hybridized carbons (Fsp3) is 0.778. The second-order valence-corrected chi connectivity index (χ2v) is 3.01. The van der Waals surface area contributed by atoms with Gasteiger partial charge in [-0.15, -0.1) is 0 Å². The third-order valence-corrected chi connectivity index (χ3v) is 2.19. The highest BCUT2D eigenvalue weighted by Gasteiger charge is 2.11. The first-order valence-electron chi connectivity index (χ1n) is 4.03. The summed E-state index contributed by atoms with van der Waals surface area (Å²) in [4.78, 5) is 0. The molecule has 0 fully saturated rings. The first kappa shape index (κ1) is 6.85. The molecule has 0 amide bonds. The number of rotatable bonds is 3. The van der Waals surface area contributed by atoms with Gasteiger partial charge in [-0.05, 0) is 25.2 Å². The van der Waals surface area contributed by atoms with E-state index >= 15 is 0 Å². The first-order chi connectivity index (χ1) is 4.34. The minimum Gasteiger partial charge on any atom is -0.0847 e. The summed E-state index contributed by atoms with van der Waals surface area (Å²) in [5.41, 5.74) is 1.71. The topological polar surface area (TPSA) is 0 Å². The first-order valence-corrected chi connectivity index (χ1v) is 4.03. The van der Waals surface area contributed by atoms with Crippen LogP contribution in [0.4, 0.5) is 0 Å². The van der Waals surface area contributed by atoms with Gasteiger partial charge >= 0.3 is 0 Å². The summed E-state index contributed by atoms with van der Waals surface area (Å²) in [6.45, 7) is 4.60. The zero-order chi connectivity index (χ0) is 6.69. The lowest BCUT2D eigenvalue weighted by Gasteiger charge is -2.20. The molecule has 9 heavy (non-hydrogen) atoms. The Morgan fingerprint density at radius 1 is 1.67 bits per heavy atom. The fourth-order valence-corrected chi connectivity index (χ4v) is 1.38. The van der Waals surface area contributed by atoms with Crippen molar-refractivity contribution in [3.63, 3.8) is 0 Å². The van der Waals surface area contributed by atoms with Crippen LogP contribution < -0.4 is 0 Å². The number of hydrogen-bond acceptors (Lipinski definition) is 0. The van der Waals surface area contributed by atoms with Gasteiger partial charge in [-0.25, -0.2) is 0 Å². The van der Waals surface area contributed by atoms with Gasteiger partial charge in [0.2, 0.25) is 0 Å². The molecular weight excluding hydrogens is 108 g/mol. The lowest BCUT2D eigenvalue weighted by atomic mass is 9.86. The highest BCUT2D eigenvalue weighted by molar-refractivity contribution is 5.14. The van der Waals surface area contributed by atoms with Crippen molar-refractivity contribution in [2.45, 2.75) is 39.5 Å². The maximum absolute atomic E-state index is 2.39. The Kier molecular flexibility index (Phi) is 2.32. The van der Waals surface area contributed by atoms with E-state index in [0.29, 0.717) is 0 Å². The molecule has 0 radical (unpaired) electrons. The van der Waals surface area contributed by atoms with Crippen molar-refractivity contribution in [1.82, 2.24) is 0 Å². The molecule has 1 atom stereocenters. The third-order valence-electron chi connectivity index (χ3n) is 2.19. The predicted molar refractivity (Wildman–Crippen MR) is 41.4 cm³/mol. The van der Waals surface area contributed by atoms with Gasteiger partial charge in [0.15, 0.2) is 0 Å². The average molecular weight is 124 g/mol. The maximum Gasteiger partial charge on any atom is -0.0232 e. The molecule has 1 unspecified atom stereocenters. The summed E-state index contributed by atoms with van der Waals surface area (Å²) in [6.07, 6.45) is 7.81. The van der Waals surface area contributed by atoms with Crippen molar-refractivity contribution >= 4 is 0 Å². The van der Waals surface area contributed by atoms with E-state index in [2.05, 4.69) is 19.9 Å². The summed E-state index contributed by atoms with van der Waals surface area (Å²) < 4.78 is 0. The van der Waals surface area contributed by atoms with Crippen molar-refractivity contribution in [2.75, 3.05) is 0 Å². The Balaban J connectivity index is 2.24. The van der Waals surface area contributed by atoms with Crippen LogP contribution in [0, 0.1) is 5.92 Å². The van der Waals surface area contributed by atoms with Crippen molar-refractivity contribution in [3.05, 3.63) is 11.6 Å². The van der Waals surface area contributed by atoms with E-state index in [1.165, 1.54) is 25.7 Å². The summed E-state index contributed by atoms with van der Waals surface area (Å²) in [7, 11) is 0. The summed E-state index contributed by atoms with van der Waals surface area (Å²) in [5.74, 6) is 0.878. The van der Waals surface area contributed by atoms with E-state index < -0.39 is 0 Å². The van der Waals surface area contributed by atoms with E-state index in [4.69, 9.17) is 0 Å². The summed E-state index contributed by atoms with van der Waals surface area (Å²) in [5, 5.41) is 0. The Labute approximate surface area is 58.0 Å². The molecule has 0 aromatic rings. The second kappa shape index (κ2) is 3.05. The van der Waals surface area contributed by atoms with Crippen molar-refractivity contribution in [1.29, 1.82) is 0 Å². The van der Waals surface area contributed by atoms with Crippen molar-refractivity contribution in [2.24, 2.45) is 5.92 Å². The number of hydrogen-bond donors (Lipinski definition) is 0. The number of allylic oxidation sites excluding steroid dienone is 2. The van der Waals surface area contributed by atoms with E-state index in [1.54, 1.807) is 5.57 Å². The van der Waals surface area contributed by atoms with Crippen LogP contribution in [0.1, 0.15) is 39.5 Å². The van der Waals surface area contributed by atoms with Gasteiger partial charge in [0.25, 0.3) is 0 Å². The SMILES string of the molecule is CCCC(C)C1=CCC1. The molecular formula is C9H16. The van der Waals surface area contributed by atoms with Gasteiger partial charge < -0.3 is 0 Å². The van der Waals surface area contributed by atoms with Crippen LogP contribution in [0.3, 0.4) is 0 Å². The van der Waals surface area contributed by atoms with Crippen LogP contribution in [0.15, 0.2) is 11.6 Å². The van der Waals surface area contributed by atoms with Gasteiger partial charge in [-0.1, -0.05) is 31.9 Å². The predicted octanol–water partition coefficient (Wildman–Crippen LogP) is 3.14. The summed E-state index contributed by atoms with van der Waals surface area (Å²) >= 11 is 0. The molecule has 0 aliphatic heterocycles. The third kappa shape index (κ3) is 1.57. The average Bonchev–Trinajstić information content (AvgIpc) is 1.60. The van der Waals surface area contributed by atoms with Crippen LogP contribution in [0.5, 0.6) is 0 Å². The van der Waals surface area contributed by atoms with E-state index in [9.17, 15) is 0 Å². The van der Waals surface area contributed by atoms with Crippen molar-refractivity contribution < 1.29 is 0 Å². The molecule has 0 aromatic carbocycles. The highest BCUT2D eigenvalue weighted by atomic mass is 14.2. The molecule has 52 valence electrons. The molecule has 0 bridgehead atoms. The van der Waals surface area contributed by atoms with Crippen LogP contribution >= 0.6 is 0 Å². The largest absolute Gasteiger partial charge is 0.0847 e. The molecule has 0 spiro atoms. The van der Waals surface area contributed by atoms with Crippen LogP contribution in [0.25, 0.3) is 0 Å². The monoisotopic (exact) mass is 124 g/mol. The van der Waals surface area contributed by atoms with Gasteiger partial charge in [-0.3, -0.25) is 0 Å². The van der Waals surface area contributed by atoms with E-state index in [-0.39, 0.29) is 0 Å². The fourth-order valence-electron chi connectivity index (χ4n) is 1.38. The molecule has 0 saturated heterocycles. The summed E-state index contributed by atoms with van der Waals surface area (Å²) in [6, 6.07) is 0. The second-order valence-electron chi connectivity index (χ2n) is 3.01. The molecule has 1 rings (SSSR count). The maximum atomic E-state index is 2.39. The quantitative estimate of drug-likeness (QED) is 0.507. The molecule has 0 saturated carbocycles. The standard InChI is InChI=1S/C9H16/c1-3-5-8(2)9-6-4-7-9/h6,8H,3-5,7H2,1-2H3. The lowest BCUT2D eigenvalue weighted by molar-refractivity contribution is 0.555. The molecule has 1 aliphatic rings. The van der Waals surface area contributed by atoms with Crippen LogP contribution in [-0.2, 0) is 0 Å². The van der Waals surface area contributed by atoms with Crippen LogP contribution in [0.2, 0.25) is 0 Å². The molecule has 1 aliphatic carbocycles. The molecule has 0 N–H and O–H groups in total. The normalized spacial score (nSPS) is 20.4. The lowest BCUT2D eigenvalue weighted by Crippen LogP contribution is -2.04. The Bertz CT molecular complexity index is 111. The van der Waals surface area contributed by atoms with Crippen LogP contribution in [-0.4, -0.2) is 0 Å². The molecule has 0 heteroatoms. The molecule has 0 nitrogen and oxygen atoms in total. The van der Waals surface area contributed by atoms with Gasteiger partial charge in [0, 0.05) is 0 Å². The zero-order valence-corrected chi connectivity index (χ0v) is 6.48. The van der Waals surface area contributed by atoms with E-state index in [1.807, 2.05) is 0 Å². The van der Waals surface area contributed by atoms with Gasteiger partial charge in [0.1, 0.15) is 0 Å². The Hall–Kier alpha value is -0.260. The Morgan fingerprint density at radius 3 is 2.67 bits per heavy atom. The van der Waals surface area contributed by atoms with E-state index in [0.717, 1.165) is 5.92 Å². The Morgan fingerprint density at radius 2 is 2.33 bits per heavy atom. The minimum atomic E-state index is 0.878. The van der Waals surface area contributed by atoms with Crippen molar-refractivity contribution in [3.8, 4) is 0 Å². The van der Waals surface area contributed by atoms with Gasteiger partial charge in [0.05, 0.1) is 0 Å². The zero-order valence-electron chi connectivity index (χ0n) is 6.48. The van der Waals surface area contributed by atoms with Gasteiger partial charge in [-0.2, -0.15) is 0 Å². The molecule has 0 aromatic heterocycles. The molecule has 0 heterocycles. The highest BCUT2D eigenvalue weighted by Crippen LogP contribution is 2.28.